The van der Waals surface area contributed by atoms with Gasteiger partial charge in [0.2, 0.25) is 35.5 Å². The summed E-state index contributed by atoms with van der Waals surface area (Å²) in [4.78, 5) is 115. The van der Waals surface area contributed by atoms with Gasteiger partial charge in [-0.1, -0.05) is 12.2 Å². The number of nitrogens with one attached hydrogen (secondary N) is 2. The second-order valence-corrected chi connectivity index (χ2v) is 19.0. The average Bonchev–Trinajstić information content (AvgIpc) is 4.22. The lowest BCUT2D eigenvalue weighted by atomic mass is 10.1. The summed E-state index contributed by atoms with van der Waals surface area (Å²) in [5.41, 5.74) is 14.8. The molecule has 6 amide bonds. The molecule has 1 unspecified atom stereocenters. The van der Waals surface area contributed by atoms with Gasteiger partial charge in [-0.05, 0) is 70.5 Å². The number of likely N-dealkylation sites (tertiary alicyclic amines) is 1. The fraction of sp³-hybridized carbons (Fsp3) is 0.400. The third kappa shape index (κ3) is 12.6. The van der Waals surface area contributed by atoms with Gasteiger partial charge in [0.05, 0.1) is 54.1 Å². The zero-order valence-corrected chi connectivity index (χ0v) is 44.3. The number of esters is 1. The minimum atomic E-state index is -1.22. The number of ether oxygens (including phenoxy) is 3. The Kier molecular flexibility index (Phi) is 17.8. The van der Waals surface area contributed by atoms with Crippen LogP contribution in [-0.2, 0) is 50.1 Å². The standard InChI is InChI=1S/C50H60N14O12S/c1-8-63-34(19-27(3)57-63)44(68)55-49-54-33-22-30(48(73)75-7)24-36(74-6)41(33)61(49)15-10-11-16-62-42-32(53-50(62)56-45(69)35-20-28(4)58-64(35)9-2)21-29(43(52)67)23-37(42)76-18-12-14-59(5)39(65)13-17-60-40(66)25-38(46(60)70)77-26-31(51)47(71)72/h10-11,19-24,31,38H,8-9,12-18,25-26,51H2,1-7H3,(H2,52,67)(H,71,72)(H,53,56,69)(H,54,55,68)/b11-10+/t31-,38?/m0/s1. The molecule has 1 aliphatic heterocycles. The summed E-state index contributed by atoms with van der Waals surface area (Å²) in [6.07, 6.45) is 3.58. The average molecular weight is 1080 g/mol. The van der Waals surface area contributed by atoms with Gasteiger partial charge in [0.25, 0.3) is 11.8 Å². The molecule has 0 radical (unpaired) electrons. The van der Waals surface area contributed by atoms with Crippen LogP contribution in [0.1, 0.15) is 86.2 Å². The van der Waals surface area contributed by atoms with Crippen LogP contribution in [0.15, 0.2) is 48.6 Å². The number of aliphatic carboxylic acids is 1. The molecule has 7 rings (SSSR count). The highest BCUT2D eigenvalue weighted by atomic mass is 32.2. The molecule has 408 valence electrons. The van der Waals surface area contributed by atoms with E-state index >= 15 is 0 Å². The molecule has 26 nitrogen and oxygen atoms in total. The quantitative estimate of drug-likeness (QED) is 0.0238. The third-order valence-electron chi connectivity index (χ3n) is 12.5. The van der Waals surface area contributed by atoms with Gasteiger partial charge < -0.3 is 44.8 Å². The van der Waals surface area contributed by atoms with E-state index in [1.54, 1.807) is 63.7 Å². The molecule has 6 aromatic rings. The molecule has 0 aliphatic carbocycles. The highest BCUT2D eigenvalue weighted by molar-refractivity contribution is 8.00. The predicted molar refractivity (Wildman–Crippen MR) is 282 cm³/mol. The van der Waals surface area contributed by atoms with Crippen LogP contribution >= 0.6 is 11.8 Å². The topological polar surface area (TPSA) is 338 Å². The SMILES string of the molecule is CCn1nc(C)cc1C(=O)Nc1nc2cc(C(=O)OC)cc(OC)c2n1C/C=C/Cn1c(NC(=O)c2cc(C)nn2CC)nc2cc(C(N)=O)cc(OCCCN(C)C(=O)CCN3C(=O)CC(SC[C@H](N)C(=O)O)C3=O)c21. The Hall–Kier alpha value is -8.59. The van der Waals surface area contributed by atoms with Crippen LogP contribution in [0.3, 0.4) is 0 Å². The number of carbonyl (C=O) groups is 8. The number of nitrogens with zero attached hydrogens (tertiary/aromatic N) is 10. The lowest BCUT2D eigenvalue weighted by Crippen LogP contribution is -2.37. The Bertz CT molecular complexity index is 3320. The van der Waals surface area contributed by atoms with Crippen LogP contribution in [0.5, 0.6) is 11.5 Å². The van der Waals surface area contributed by atoms with Crippen molar-refractivity contribution in [2.75, 3.05) is 57.4 Å². The molecular weight excluding hydrogens is 1020 g/mol. The number of thioether (sulfide) groups is 1. The summed E-state index contributed by atoms with van der Waals surface area (Å²) in [6.45, 7) is 8.29. The van der Waals surface area contributed by atoms with E-state index in [0.29, 0.717) is 46.7 Å². The maximum atomic E-state index is 14.0. The molecule has 5 heterocycles. The molecule has 0 bridgehead atoms. The number of hydrogen-bond acceptors (Lipinski definition) is 17. The van der Waals surface area contributed by atoms with Gasteiger partial charge in [0.1, 0.15) is 40.0 Å². The van der Waals surface area contributed by atoms with Gasteiger partial charge in [-0.2, -0.15) is 10.2 Å². The van der Waals surface area contributed by atoms with Crippen molar-refractivity contribution in [3.8, 4) is 11.5 Å². The minimum Gasteiger partial charge on any atom is -0.494 e. The van der Waals surface area contributed by atoms with Crippen LogP contribution in [-0.4, -0.2) is 159 Å². The molecule has 27 heteroatoms. The first-order valence-electron chi connectivity index (χ1n) is 24.4. The highest BCUT2D eigenvalue weighted by Crippen LogP contribution is 2.34. The van der Waals surface area contributed by atoms with E-state index in [-0.39, 0.29) is 109 Å². The van der Waals surface area contributed by atoms with Crippen molar-refractivity contribution in [2.24, 2.45) is 11.5 Å². The van der Waals surface area contributed by atoms with E-state index in [9.17, 15) is 38.4 Å². The zero-order chi connectivity index (χ0) is 55.8. The number of primary amides is 1. The molecule has 4 aromatic heterocycles. The van der Waals surface area contributed by atoms with E-state index in [1.165, 1.54) is 43.4 Å². The molecule has 1 fully saturated rings. The Labute approximate surface area is 445 Å². The molecule has 2 aromatic carbocycles. The van der Waals surface area contributed by atoms with Crippen molar-refractivity contribution in [1.29, 1.82) is 0 Å². The lowest BCUT2D eigenvalue weighted by Gasteiger charge is -2.20. The van der Waals surface area contributed by atoms with E-state index in [2.05, 4.69) is 20.8 Å². The Morgan fingerprint density at radius 2 is 1.39 bits per heavy atom. The van der Waals surface area contributed by atoms with Crippen molar-refractivity contribution >= 4 is 93.1 Å². The van der Waals surface area contributed by atoms with Gasteiger partial charge >= 0.3 is 11.9 Å². The van der Waals surface area contributed by atoms with Crippen LogP contribution in [0.4, 0.5) is 11.9 Å². The number of carbonyl (C=O) groups excluding carboxylic acids is 7. The van der Waals surface area contributed by atoms with Gasteiger partial charge in [-0.15, -0.1) is 11.8 Å². The van der Waals surface area contributed by atoms with E-state index < -0.39 is 52.8 Å². The van der Waals surface area contributed by atoms with Crippen LogP contribution < -0.4 is 31.6 Å². The smallest absolute Gasteiger partial charge is 0.338 e. The number of amides is 6. The number of anilines is 2. The number of imidazole rings is 2. The largest absolute Gasteiger partial charge is 0.494 e. The number of aryl methyl sites for hydroxylation is 4. The first-order chi connectivity index (χ1) is 36.8. The predicted octanol–water partition coefficient (Wildman–Crippen LogP) is 2.98. The van der Waals surface area contributed by atoms with Crippen molar-refractivity contribution in [2.45, 2.75) is 84.4 Å². The molecule has 2 atom stereocenters. The number of fused-ring (bicyclic) bond motifs is 2. The Balaban J connectivity index is 1.15. The lowest BCUT2D eigenvalue weighted by molar-refractivity contribution is -0.140. The summed E-state index contributed by atoms with van der Waals surface area (Å²) >= 11 is 0.992. The molecule has 0 spiro atoms. The number of methoxy groups -OCH3 is 2. The number of aromatic nitrogens is 8. The van der Waals surface area contributed by atoms with Gasteiger partial charge in [-0.25, -0.2) is 14.8 Å². The molecule has 1 saturated heterocycles. The monoisotopic (exact) mass is 1080 g/mol. The first-order valence-corrected chi connectivity index (χ1v) is 25.5. The number of carboxylic acids is 1. The number of rotatable bonds is 25. The number of benzene rings is 2. The summed E-state index contributed by atoms with van der Waals surface area (Å²) in [6, 6.07) is 8.08. The van der Waals surface area contributed by atoms with Crippen molar-refractivity contribution < 1.29 is 57.7 Å². The van der Waals surface area contributed by atoms with Crippen LogP contribution in [0, 0.1) is 13.8 Å². The van der Waals surface area contributed by atoms with E-state index in [1.807, 2.05) is 13.8 Å². The number of carboxylic acid groups (broad SMARTS) is 1. The number of hydrogen-bond donors (Lipinski definition) is 5. The number of allylic oxidation sites excluding steroid dienone is 2. The number of nitrogens with two attached hydrogens (primary N) is 2. The second-order valence-electron chi connectivity index (χ2n) is 17.8. The molecule has 1 aliphatic rings. The normalized spacial score (nSPS) is 13.9. The Morgan fingerprint density at radius 3 is 1.91 bits per heavy atom. The molecule has 0 saturated carbocycles. The summed E-state index contributed by atoms with van der Waals surface area (Å²) in [7, 11) is 4.26. The van der Waals surface area contributed by atoms with Gasteiger partial charge in [0.15, 0.2) is 0 Å². The van der Waals surface area contributed by atoms with E-state index in [4.69, 9.17) is 40.8 Å². The Morgan fingerprint density at radius 1 is 0.844 bits per heavy atom. The van der Waals surface area contributed by atoms with Gasteiger partial charge in [0, 0.05) is 70.5 Å². The summed E-state index contributed by atoms with van der Waals surface area (Å²) < 4.78 is 23.5. The third-order valence-corrected chi connectivity index (χ3v) is 13.8. The second kappa shape index (κ2) is 24.4. The summed E-state index contributed by atoms with van der Waals surface area (Å²) in [5.74, 6) is -4.31. The molecular formula is C50H60N14O12S. The maximum absolute atomic E-state index is 14.0. The fourth-order valence-corrected chi connectivity index (χ4v) is 9.71. The summed E-state index contributed by atoms with van der Waals surface area (Å²) in [5, 5.41) is 22.9. The van der Waals surface area contributed by atoms with Gasteiger partial charge in [-0.3, -0.25) is 58.5 Å². The highest BCUT2D eigenvalue weighted by Gasteiger charge is 2.39. The van der Waals surface area contributed by atoms with Crippen LogP contribution in [0.25, 0.3) is 22.1 Å². The fourth-order valence-electron chi connectivity index (χ4n) is 8.60. The van der Waals surface area contributed by atoms with Crippen molar-refractivity contribution in [3.05, 3.63) is 82.5 Å². The molecule has 77 heavy (non-hydrogen) atoms. The minimum absolute atomic E-state index is 0.0213. The molecule has 7 N–H and O–H groups in total. The zero-order valence-electron chi connectivity index (χ0n) is 43.5. The van der Waals surface area contributed by atoms with Crippen LogP contribution in [0.2, 0.25) is 0 Å². The number of imide groups is 1. The van der Waals surface area contributed by atoms with E-state index in [0.717, 1.165) is 16.7 Å². The first kappa shape index (κ1) is 56.1. The maximum Gasteiger partial charge on any atom is 0.338 e. The van der Waals surface area contributed by atoms with Crippen molar-refractivity contribution in [3.63, 3.8) is 0 Å². The van der Waals surface area contributed by atoms with Crippen molar-refractivity contribution in [1.82, 2.24) is 48.5 Å².